The van der Waals surface area contributed by atoms with Crippen LogP contribution in [-0.2, 0) is 14.3 Å². The van der Waals surface area contributed by atoms with Crippen LogP contribution >= 0.6 is 0 Å². The summed E-state index contributed by atoms with van der Waals surface area (Å²) in [6.07, 6.45) is 0.488. The molecular formula is C21H28N3O4S+. The largest absolute Gasteiger partial charge is 0.452 e. The van der Waals surface area contributed by atoms with E-state index in [9.17, 15) is 8.42 Å². The highest BCUT2D eigenvalue weighted by Gasteiger charge is 2.14. The van der Waals surface area contributed by atoms with Crippen molar-refractivity contribution in [3.8, 4) is 11.5 Å². The Morgan fingerprint density at radius 1 is 1.17 bits per heavy atom. The predicted octanol–water partition coefficient (Wildman–Crippen LogP) is 2.55. The van der Waals surface area contributed by atoms with Gasteiger partial charge in [0.2, 0.25) is 5.36 Å². The lowest BCUT2D eigenvalue weighted by Gasteiger charge is -2.23. The molecule has 0 unspecified atom stereocenters. The molecule has 3 rings (SSSR count). The summed E-state index contributed by atoms with van der Waals surface area (Å²) in [6.45, 7) is 6.41. The van der Waals surface area contributed by atoms with Crippen molar-refractivity contribution >= 4 is 26.9 Å². The number of fused-ring (bicyclic) bond motifs is 2. The van der Waals surface area contributed by atoms with Gasteiger partial charge in [-0.05, 0) is 38.5 Å². The molecule has 8 heteroatoms. The Balaban J connectivity index is 1.93. The molecule has 1 aliphatic carbocycles. The lowest BCUT2D eigenvalue weighted by molar-refractivity contribution is 0.397. The van der Waals surface area contributed by atoms with E-state index in [1.54, 1.807) is 0 Å². The molecule has 0 spiro atoms. The van der Waals surface area contributed by atoms with Gasteiger partial charge in [-0.25, -0.2) is 9.56 Å². The summed E-state index contributed by atoms with van der Waals surface area (Å²) < 4.78 is 35.9. The summed E-state index contributed by atoms with van der Waals surface area (Å²) in [5.74, 6) is 0.736. The Morgan fingerprint density at radius 2 is 1.97 bits per heavy atom. The maximum absolute atomic E-state index is 11.5. The van der Waals surface area contributed by atoms with Crippen molar-refractivity contribution < 1.29 is 17.0 Å². The number of rotatable bonds is 8. The summed E-state index contributed by atoms with van der Waals surface area (Å²) in [7, 11) is -0.206. The van der Waals surface area contributed by atoms with Gasteiger partial charge in [-0.3, -0.25) is 4.18 Å². The van der Waals surface area contributed by atoms with Crippen LogP contribution in [0.5, 0.6) is 0 Å². The number of anilines is 1. The zero-order valence-corrected chi connectivity index (χ0v) is 18.2. The van der Waals surface area contributed by atoms with Gasteiger partial charge in [0, 0.05) is 30.9 Å². The molecule has 0 amide bonds. The maximum Gasteiger partial charge on any atom is 0.267 e. The van der Waals surface area contributed by atoms with E-state index in [1.165, 1.54) is 7.11 Å². The first-order chi connectivity index (χ1) is 13.9. The molecule has 1 aliphatic heterocycles. The van der Waals surface area contributed by atoms with E-state index in [2.05, 4.69) is 20.6 Å². The standard InChI is InChI=1S/C21H28N3O4S/c1-5-23(3)16-8-10-18-20(14-16)28-21-15-17(9-11-19(21)22-18)24(6-2)12-7-13-29(25,26)27-4/h8-11,14-15H,5-7,12-13H2,1-4H3/q+1. The monoisotopic (exact) mass is 418 g/mol. The Labute approximate surface area is 171 Å². The maximum atomic E-state index is 11.5. The van der Waals surface area contributed by atoms with Crippen LogP contribution in [0, 0.1) is 0 Å². The van der Waals surface area contributed by atoms with Crippen LogP contribution in [-0.4, -0.2) is 52.9 Å². The lowest BCUT2D eigenvalue weighted by Crippen LogP contribution is -2.26. The van der Waals surface area contributed by atoms with Crippen molar-refractivity contribution in [1.29, 1.82) is 0 Å². The van der Waals surface area contributed by atoms with Crippen molar-refractivity contribution in [2.24, 2.45) is 0 Å². The highest BCUT2D eigenvalue weighted by molar-refractivity contribution is 7.86. The Hall–Kier alpha value is -2.45. The van der Waals surface area contributed by atoms with Crippen molar-refractivity contribution in [2.75, 3.05) is 44.4 Å². The number of aromatic nitrogens is 1. The Bertz CT molecular complexity index is 1140. The first-order valence-corrected chi connectivity index (χ1v) is 11.4. The second kappa shape index (κ2) is 8.92. The molecule has 2 aliphatic rings. The average Bonchev–Trinajstić information content (AvgIpc) is 2.74. The van der Waals surface area contributed by atoms with E-state index in [4.69, 9.17) is 9.40 Å². The first-order valence-electron chi connectivity index (χ1n) is 9.79. The van der Waals surface area contributed by atoms with Gasteiger partial charge in [0.05, 0.1) is 18.9 Å². The molecule has 29 heavy (non-hydrogen) atoms. The Kier molecular flexibility index (Phi) is 6.54. The highest BCUT2D eigenvalue weighted by Crippen LogP contribution is 2.27. The number of hydrogen-bond acceptors (Lipinski definition) is 6. The third kappa shape index (κ3) is 4.94. The van der Waals surface area contributed by atoms with Crippen molar-refractivity contribution in [1.82, 2.24) is 9.56 Å². The fourth-order valence-corrected chi connectivity index (χ4v) is 3.85. The van der Waals surface area contributed by atoms with E-state index < -0.39 is 10.1 Å². The molecule has 0 atom stereocenters. The Morgan fingerprint density at radius 3 is 2.66 bits per heavy atom. The topological polar surface area (TPSA) is 75.7 Å². The fraction of sp³-hybridized carbons (Fsp3) is 0.429. The number of benzene rings is 2. The quantitative estimate of drug-likeness (QED) is 0.318. The molecule has 1 aromatic rings. The van der Waals surface area contributed by atoms with Gasteiger partial charge >= 0.3 is 0 Å². The van der Waals surface area contributed by atoms with Crippen LogP contribution in [0.4, 0.5) is 5.69 Å². The molecule has 0 saturated carbocycles. The van der Waals surface area contributed by atoms with Crippen LogP contribution in [0.25, 0.3) is 22.6 Å². The molecule has 0 aromatic heterocycles. The summed E-state index contributed by atoms with van der Waals surface area (Å²) in [5.41, 5.74) is 3.28. The molecule has 0 N–H and O–H groups in total. The number of nitrogens with zero attached hydrogens (tertiary/aromatic N) is 3. The minimum absolute atomic E-state index is 0.00211. The zero-order chi connectivity index (χ0) is 21.0. The summed E-state index contributed by atoms with van der Waals surface area (Å²) in [4.78, 5) is 6.83. The van der Waals surface area contributed by atoms with Crippen LogP contribution in [0.2, 0.25) is 0 Å². The second-order valence-corrected chi connectivity index (χ2v) is 8.75. The summed E-state index contributed by atoms with van der Waals surface area (Å²) >= 11 is 0. The molecule has 1 aromatic carbocycles. The molecule has 0 saturated heterocycles. The summed E-state index contributed by atoms with van der Waals surface area (Å²) in [5, 5.41) is 1.08. The number of hydrogen-bond donors (Lipinski definition) is 0. The average molecular weight is 419 g/mol. The van der Waals surface area contributed by atoms with Gasteiger partial charge < -0.3 is 9.32 Å². The molecule has 0 bridgehead atoms. The minimum atomic E-state index is -3.44. The van der Waals surface area contributed by atoms with Gasteiger partial charge in [-0.1, -0.05) is 0 Å². The van der Waals surface area contributed by atoms with Crippen LogP contribution < -0.4 is 14.8 Å². The predicted molar refractivity (Wildman–Crippen MR) is 116 cm³/mol. The SMILES string of the molecule is CCN(CCCS(=O)(=O)OC)c1ccc2nc3ccc(=[N+](C)CC)cc-3oc2c1. The van der Waals surface area contributed by atoms with E-state index in [0.29, 0.717) is 18.5 Å². The van der Waals surface area contributed by atoms with Gasteiger partial charge in [-0.2, -0.15) is 8.42 Å². The van der Waals surface area contributed by atoms with E-state index in [1.807, 2.05) is 50.4 Å². The molecule has 156 valence electrons. The minimum Gasteiger partial charge on any atom is -0.452 e. The molecule has 7 nitrogen and oxygen atoms in total. The summed E-state index contributed by atoms with van der Waals surface area (Å²) in [6, 6.07) is 11.9. The van der Waals surface area contributed by atoms with Crippen LogP contribution in [0.3, 0.4) is 0 Å². The van der Waals surface area contributed by atoms with Gasteiger partial charge in [0.15, 0.2) is 11.3 Å². The van der Waals surface area contributed by atoms with Crippen molar-refractivity contribution in [3.63, 3.8) is 0 Å². The third-order valence-corrected chi connectivity index (χ3v) is 6.38. The highest BCUT2D eigenvalue weighted by atomic mass is 32.2. The van der Waals surface area contributed by atoms with E-state index in [0.717, 1.165) is 41.1 Å². The van der Waals surface area contributed by atoms with Gasteiger partial charge in [0.25, 0.3) is 10.1 Å². The fourth-order valence-electron chi connectivity index (χ4n) is 3.20. The molecule has 0 fully saturated rings. The van der Waals surface area contributed by atoms with E-state index >= 15 is 0 Å². The van der Waals surface area contributed by atoms with Gasteiger partial charge in [0.1, 0.15) is 24.8 Å². The van der Waals surface area contributed by atoms with Crippen LogP contribution in [0.15, 0.2) is 40.8 Å². The third-order valence-electron chi connectivity index (χ3n) is 5.09. The zero-order valence-electron chi connectivity index (χ0n) is 17.4. The van der Waals surface area contributed by atoms with Crippen molar-refractivity contribution in [2.45, 2.75) is 20.3 Å². The molecular weight excluding hydrogens is 390 g/mol. The smallest absolute Gasteiger partial charge is 0.267 e. The van der Waals surface area contributed by atoms with Crippen molar-refractivity contribution in [3.05, 3.63) is 41.8 Å². The van der Waals surface area contributed by atoms with Crippen LogP contribution in [0.1, 0.15) is 20.3 Å². The van der Waals surface area contributed by atoms with Gasteiger partial charge in [-0.15, -0.1) is 0 Å². The van der Waals surface area contributed by atoms with E-state index in [-0.39, 0.29) is 5.75 Å². The molecule has 0 radical (unpaired) electrons. The normalized spacial score (nSPS) is 13.1. The first kappa shape index (κ1) is 21.3. The second-order valence-electron chi connectivity index (χ2n) is 6.89. The molecule has 1 heterocycles. The lowest BCUT2D eigenvalue weighted by atomic mass is 10.2.